The van der Waals surface area contributed by atoms with Crippen LogP contribution in [0.4, 0.5) is 11.4 Å². The molecule has 0 bridgehead atoms. The van der Waals surface area contributed by atoms with E-state index in [2.05, 4.69) is 50.2 Å². The smallest absolute Gasteiger partial charge is 0.228 e. The molecule has 4 heteroatoms. The van der Waals surface area contributed by atoms with Crippen LogP contribution < -0.4 is 15.1 Å². The maximum Gasteiger partial charge on any atom is 0.228 e. The molecule has 0 aliphatic carbocycles. The van der Waals surface area contributed by atoms with Crippen LogP contribution in [0.1, 0.15) is 27.2 Å². The molecule has 4 nitrogen and oxygen atoms in total. The fourth-order valence-corrected chi connectivity index (χ4v) is 2.89. The van der Waals surface area contributed by atoms with Crippen LogP contribution in [0.15, 0.2) is 24.3 Å². The van der Waals surface area contributed by atoms with Crippen LogP contribution in [0.5, 0.6) is 0 Å². The summed E-state index contributed by atoms with van der Waals surface area (Å²) in [6, 6.07) is 8.61. The summed E-state index contributed by atoms with van der Waals surface area (Å²) >= 11 is 0. The summed E-state index contributed by atoms with van der Waals surface area (Å²) in [5.74, 6) is 0.669. The van der Waals surface area contributed by atoms with Crippen molar-refractivity contribution in [2.45, 2.75) is 33.2 Å². The van der Waals surface area contributed by atoms with Gasteiger partial charge >= 0.3 is 0 Å². The number of carbonyl (C=O) groups excluding carboxylic acids is 1. The lowest BCUT2D eigenvalue weighted by Crippen LogP contribution is -2.37. The van der Waals surface area contributed by atoms with E-state index in [1.54, 1.807) is 0 Å². The Labute approximate surface area is 128 Å². The number of hydrogen-bond donors (Lipinski definition) is 1. The molecule has 1 aromatic rings. The van der Waals surface area contributed by atoms with E-state index >= 15 is 0 Å². The molecular weight excluding hydrogens is 262 g/mol. The van der Waals surface area contributed by atoms with E-state index in [0.29, 0.717) is 18.4 Å². The molecule has 0 unspecified atom stereocenters. The third-order valence-electron chi connectivity index (χ3n) is 3.86. The highest BCUT2D eigenvalue weighted by molar-refractivity contribution is 5.97. The second kappa shape index (κ2) is 6.94. The Kier molecular flexibility index (Phi) is 5.23. The number of fused-ring (bicyclic) bond motifs is 1. The minimum atomic E-state index is 0.206. The second-order valence-corrected chi connectivity index (χ2v) is 6.34. The molecule has 0 aromatic heterocycles. The number of anilines is 2. The Bertz CT molecular complexity index is 487. The highest BCUT2D eigenvalue weighted by Crippen LogP contribution is 2.32. The minimum absolute atomic E-state index is 0.206. The highest BCUT2D eigenvalue weighted by atomic mass is 16.2. The van der Waals surface area contributed by atoms with Crippen LogP contribution in [0.3, 0.4) is 0 Å². The second-order valence-electron chi connectivity index (χ2n) is 6.34. The number of para-hydroxylation sites is 2. The zero-order valence-corrected chi connectivity index (χ0v) is 13.6. The molecule has 0 spiro atoms. The molecule has 0 saturated heterocycles. The van der Waals surface area contributed by atoms with E-state index in [1.807, 2.05) is 17.0 Å². The molecule has 0 fully saturated rings. The molecule has 1 heterocycles. The molecule has 1 N–H and O–H groups in total. The van der Waals surface area contributed by atoms with Crippen LogP contribution >= 0.6 is 0 Å². The Balaban J connectivity index is 2.16. The van der Waals surface area contributed by atoms with Crippen molar-refractivity contribution in [3.05, 3.63) is 24.3 Å². The van der Waals surface area contributed by atoms with Gasteiger partial charge in [0.05, 0.1) is 11.4 Å². The lowest BCUT2D eigenvalue weighted by molar-refractivity contribution is -0.118. The SMILES string of the molecule is CC(C)NCCC(=O)N1C[C@@H](C)CN(C)c2ccccc21. The molecule has 1 aromatic carbocycles. The summed E-state index contributed by atoms with van der Waals surface area (Å²) in [5, 5.41) is 3.32. The van der Waals surface area contributed by atoms with Gasteiger partial charge in [-0.1, -0.05) is 32.9 Å². The first-order valence-electron chi connectivity index (χ1n) is 7.83. The first-order valence-corrected chi connectivity index (χ1v) is 7.83. The predicted octanol–water partition coefficient (Wildman–Crippen LogP) is 2.49. The van der Waals surface area contributed by atoms with Gasteiger partial charge in [-0.05, 0) is 18.1 Å². The fourth-order valence-electron chi connectivity index (χ4n) is 2.89. The summed E-state index contributed by atoms with van der Waals surface area (Å²) in [5.41, 5.74) is 2.19. The summed E-state index contributed by atoms with van der Waals surface area (Å²) in [4.78, 5) is 16.8. The van der Waals surface area contributed by atoms with E-state index in [-0.39, 0.29) is 5.91 Å². The normalized spacial score (nSPS) is 18.6. The topological polar surface area (TPSA) is 35.6 Å². The lowest BCUT2D eigenvalue weighted by atomic mass is 10.1. The van der Waals surface area contributed by atoms with Gasteiger partial charge in [0.2, 0.25) is 5.91 Å². The van der Waals surface area contributed by atoms with Gasteiger partial charge in [-0.2, -0.15) is 0 Å². The monoisotopic (exact) mass is 289 g/mol. The first-order chi connectivity index (χ1) is 9.99. The van der Waals surface area contributed by atoms with Crippen LogP contribution in [0.2, 0.25) is 0 Å². The van der Waals surface area contributed by atoms with Gasteiger partial charge in [0.15, 0.2) is 0 Å². The molecule has 0 radical (unpaired) electrons. The van der Waals surface area contributed by atoms with Crippen molar-refractivity contribution in [2.75, 3.05) is 36.5 Å². The minimum Gasteiger partial charge on any atom is -0.373 e. The average molecular weight is 289 g/mol. The molecular formula is C17H27N3O. The summed E-state index contributed by atoms with van der Waals surface area (Å²) in [6.45, 7) is 8.91. The third kappa shape index (κ3) is 3.97. The molecule has 1 atom stereocenters. The Hall–Kier alpha value is -1.55. The molecule has 116 valence electrons. The number of amides is 1. The summed E-state index contributed by atoms with van der Waals surface area (Å²) < 4.78 is 0. The van der Waals surface area contributed by atoms with Crippen molar-refractivity contribution in [1.82, 2.24) is 5.32 Å². The largest absolute Gasteiger partial charge is 0.373 e. The Morgan fingerprint density at radius 3 is 2.62 bits per heavy atom. The number of nitrogens with zero attached hydrogens (tertiary/aromatic N) is 2. The van der Waals surface area contributed by atoms with Gasteiger partial charge in [0, 0.05) is 39.1 Å². The average Bonchev–Trinajstić information content (AvgIpc) is 2.56. The highest BCUT2D eigenvalue weighted by Gasteiger charge is 2.25. The van der Waals surface area contributed by atoms with Crippen molar-refractivity contribution in [3.63, 3.8) is 0 Å². The summed E-state index contributed by atoms with van der Waals surface area (Å²) in [6.07, 6.45) is 0.545. The number of rotatable bonds is 4. The molecule has 21 heavy (non-hydrogen) atoms. The number of nitrogens with one attached hydrogen (secondary N) is 1. The number of benzene rings is 1. The standard InChI is InChI=1S/C17H27N3O/c1-13(2)18-10-9-17(21)20-12-14(3)11-19(4)15-7-5-6-8-16(15)20/h5-8,13-14,18H,9-12H2,1-4H3/t14-/m0/s1. The first kappa shape index (κ1) is 15.8. The van der Waals surface area contributed by atoms with Crippen LogP contribution in [-0.4, -0.2) is 38.6 Å². The van der Waals surface area contributed by atoms with Gasteiger partial charge < -0.3 is 15.1 Å². The van der Waals surface area contributed by atoms with Gasteiger partial charge in [-0.15, -0.1) is 0 Å². The Morgan fingerprint density at radius 1 is 1.29 bits per heavy atom. The van der Waals surface area contributed by atoms with Gasteiger partial charge in [0.25, 0.3) is 0 Å². The molecule has 2 rings (SSSR count). The fraction of sp³-hybridized carbons (Fsp3) is 0.588. The zero-order valence-electron chi connectivity index (χ0n) is 13.6. The van der Waals surface area contributed by atoms with Crippen LogP contribution in [-0.2, 0) is 4.79 Å². The van der Waals surface area contributed by atoms with Crippen LogP contribution in [0, 0.1) is 5.92 Å². The van der Waals surface area contributed by atoms with Gasteiger partial charge in [-0.25, -0.2) is 0 Å². The van der Waals surface area contributed by atoms with Crippen molar-refractivity contribution < 1.29 is 4.79 Å². The van der Waals surface area contributed by atoms with E-state index in [1.165, 1.54) is 0 Å². The maximum absolute atomic E-state index is 12.6. The van der Waals surface area contributed by atoms with Crippen molar-refractivity contribution in [3.8, 4) is 0 Å². The summed E-state index contributed by atoms with van der Waals surface area (Å²) in [7, 11) is 2.10. The van der Waals surface area contributed by atoms with Crippen molar-refractivity contribution in [2.24, 2.45) is 5.92 Å². The number of hydrogen-bond acceptors (Lipinski definition) is 3. The molecule has 0 saturated carbocycles. The zero-order chi connectivity index (χ0) is 15.4. The van der Waals surface area contributed by atoms with E-state index in [0.717, 1.165) is 31.0 Å². The third-order valence-corrected chi connectivity index (χ3v) is 3.86. The quantitative estimate of drug-likeness (QED) is 0.925. The molecule has 1 aliphatic rings. The van der Waals surface area contributed by atoms with E-state index in [4.69, 9.17) is 0 Å². The van der Waals surface area contributed by atoms with Crippen molar-refractivity contribution in [1.29, 1.82) is 0 Å². The van der Waals surface area contributed by atoms with Crippen molar-refractivity contribution >= 4 is 17.3 Å². The number of carbonyl (C=O) groups is 1. The lowest BCUT2D eigenvalue weighted by Gasteiger charge is -2.25. The molecule has 1 amide bonds. The maximum atomic E-state index is 12.6. The molecule has 1 aliphatic heterocycles. The predicted molar refractivity (Wildman–Crippen MR) is 89.0 cm³/mol. The van der Waals surface area contributed by atoms with Gasteiger partial charge in [0.1, 0.15) is 0 Å². The van der Waals surface area contributed by atoms with Gasteiger partial charge in [-0.3, -0.25) is 4.79 Å². The van der Waals surface area contributed by atoms with E-state index in [9.17, 15) is 4.79 Å². The van der Waals surface area contributed by atoms with E-state index < -0.39 is 0 Å². The van der Waals surface area contributed by atoms with Crippen LogP contribution in [0.25, 0.3) is 0 Å². The Morgan fingerprint density at radius 2 is 1.95 bits per heavy atom.